The molecule has 0 atom stereocenters. The lowest BCUT2D eigenvalue weighted by Gasteiger charge is -2.20. The number of nitrogens with zero attached hydrogens (tertiary/aromatic N) is 6. The minimum Gasteiger partial charge on any atom is -0.368 e. The summed E-state index contributed by atoms with van der Waals surface area (Å²) in [7, 11) is 3.68. The maximum Gasteiger partial charge on any atom is 0.191 e. The number of aryl methyl sites for hydroxylation is 1. The van der Waals surface area contributed by atoms with Gasteiger partial charge < -0.3 is 20.9 Å². The number of likely N-dealkylation sites (tertiary alicyclic amines) is 1. The van der Waals surface area contributed by atoms with Crippen LogP contribution < -0.4 is 16.0 Å². The molecule has 1 saturated heterocycles. The van der Waals surface area contributed by atoms with Crippen LogP contribution in [0.2, 0.25) is 0 Å². The van der Waals surface area contributed by atoms with Crippen LogP contribution >= 0.6 is 0 Å². The molecule has 0 saturated carbocycles. The molecule has 3 N–H and O–H groups in total. The Bertz CT molecular complexity index is 747. The highest BCUT2D eigenvalue weighted by Crippen LogP contribution is 2.17. The monoisotopic (exact) mass is 387 g/mol. The number of nitrogens with one attached hydrogen (secondary N) is 3. The number of guanidine groups is 1. The van der Waals surface area contributed by atoms with Crippen LogP contribution in [0.1, 0.15) is 32.1 Å². The van der Waals surface area contributed by atoms with Gasteiger partial charge in [0.1, 0.15) is 12.1 Å². The van der Waals surface area contributed by atoms with Crippen molar-refractivity contribution >= 4 is 22.8 Å². The Morgan fingerprint density at radius 2 is 1.86 bits per heavy atom. The van der Waals surface area contributed by atoms with Crippen molar-refractivity contribution in [2.75, 3.05) is 51.6 Å². The summed E-state index contributed by atoms with van der Waals surface area (Å²) >= 11 is 0. The van der Waals surface area contributed by atoms with E-state index in [4.69, 9.17) is 0 Å². The molecule has 2 aromatic heterocycles. The van der Waals surface area contributed by atoms with Crippen molar-refractivity contribution in [3.05, 3.63) is 12.5 Å². The molecule has 3 rings (SSSR count). The number of aromatic nitrogens is 4. The zero-order valence-corrected chi connectivity index (χ0v) is 17.1. The van der Waals surface area contributed by atoms with Gasteiger partial charge in [0.05, 0.1) is 11.6 Å². The fraction of sp³-hybridized carbons (Fsp3) is 0.684. The van der Waals surface area contributed by atoms with E-state index in [1.807, 2.05) is 7.05 Å². The van der Waals surface area contributed by atoms with Crippen LogP contribution in [0.5, 0.6) is 0 Å². The van der Waals surface area contributed by atoms with E-state index in [0.717, 1.165) is 48.9 Å². The Balaban J connectivity index is 1.33. The second kappa shape index (κ2) is 10.8. The van der Waals surface area contributed by atoms with Gasteiger partial charge in [-0.2, -0.15) is 5.10 Å². The van der Waals surface area contributed by atoms with Gasteiger partial charge in [-0.25, -0.2) is 9.97 Å². The van der Waals surface area contributed by atoms with E-state index in [1.54, 1.807) is 24.3 Å². The van der Waals surface area contributed by atoms with Gasteiger partial charge in [-0.1, -0.05) is 12.8 Å². The second-order valence-corrected chi connectivity index (χ2v) is 7.19. The Morgan fingerprint density at radius 3 is 2.64 bits per heavy atom. The van der Waals surface area contributed by atoms with Crippen LogP contribution in [0.15, 0.2) is 17.5 Å². The van der Waals surface area contributed by atoms with Crippen LogP contribution in [0.4, 0.5) is 5.82 Å². The van der Waals surface area contributed by atoms with Gasteiger partial charge in [0, 0.05) is 33.7 Å². The summed E-state index contributed by atoms with van der Waals surface area (Å²) in [5.74, 6) is 1.65. The van der Waals surface area contributed by atoms with E-state index in [9.17, 15) is 0 Å². The minimum atomic E-state index is 0.732. The van der Waals surface area contributed by atoms with Crippen molar-refractivity contribution in [3.63, 3.8) is 0 Å². The molecule has 9 heteroatoms. The third-order valence-electron chi connectivity index (χ3n) is 5.11. The molecule has 0 radical (unpaired) electrons. The van der Waals surface area contributed by atoms with Crippen molar-refractivity contribution < 1.29 is 0 Å². The quantitative estimate of drug-likeness (QED) is 0.356. The zero-order chi connectivity index (χ0) is 19.6. The number of anilines is 1. The molecular formula is C19H33N9. The first-order valence-corrected chi connectivity index (χ1v) is 10.3. The van der Waals surface area contributed by atoms with Crippen molar-refractivity contribution in [2.24, 2.45) is 12.0 Å². The minimum absolute atomic E-state index is 0.732. The third-order valence-corrected chi connectivity index (χ3v) is 5.11. The van der Waals surface area contributed by atoms with Crippen LogP contribution in [-0.2, 0) is 7.05 Å². The molecular weight excluding hydrogens is 354 g/mol. The molecule has 0 amide bonds. The molecule has 154 valence electrons. The van der Waals surface area contributed by atoms with Gasteiger partial charge in [-0.3, -0.25) is 9.67 Å². The maximum absolute atomic E-state index is 4.31. The van der Waals surface area contributed by atoms with E-state index >= 15 is 0 Å². The van der Waals surface area contributed by atoms with Crippen molar-refractivity contribution in [1.82, 2.24) is 35.3 Å². The molecule has 0 aliphatic carbocycles. The zero-order valence-electron chi connectivity index (χ0n) is 17.1. The standard InChI is InChI=1S/C19H33N9/c1-20-19(22-8-7-13-28-11-5-3-4-6-12-28)23-10-9-21-17-16-14-26-27(2)18(16)25-15-24-17/h14-15H,3-13H2,1-2H3,(H2,20,22,23)(H,21,24,25). The fourth-order valence-corrected chi connectivity index (χ4v) is 3.55. The lowest BCUT2D eigenvalue weighted by atomic mass is 10.2. The lowest BCUT2D eigenvalue weighted by molar-refractivity contribution is 0.282. The second-order valence-electron chi connectivity index (χ2n) is 7.19. The van der Waals surface area contributed by atoms with E-state index in [0.29, 0.717) is 0 Å². The van der Waals surface area contributed by atoms with Gasteiger partial charge in [-0.05, 0) is 38.9 Å². The van der Waals surface area contributed by atoms with E-state index in [2.05, 4.69) is 40.9 Å². The van der Waals surface area contributed by atoms with Gasteiger partial charge in [0.25, 0.3) is 0 Å². The summed E-state index contributed by atoms with van der Waals surface area (Å²) in [6, 6.07) is 0. The van der Waals surface area contributed by atoms with Gasteiger partial charge in [-0.15, -0.1) is 0 Å². The van der Waals surface area contributed by atoms with Crippen LogP contribution in [-0.4, -0.2) is 76.9 Å². The van der Waals surface area contributed by atoms with Crippen LogP contribution in [0, 0.1) is 0 Å². The van der Waals surface area contributed by atoms with Crippen molar-refractivity contribution in [3.8, 4) is 0 Å². The van der Waals surface area contributed by atoms with Crippen LogP contribution in [0.25, 0.3) is 11.0 Å². The first kappa shape index (κ1) is 20.3. The normalized spacial score (nSPS) is 16.1. The van der Waals surface area contributed by atoms with Crippen molar-refractivity contribution in [2.45, 2.75) is 32.1 Å². The number of hydrogen-bond donors (Lipinski definition) is 3. The van der Waals surface area contributed by atoms with Crippen molar-refractivity contribution in [1.29, 1.82) is 0 Å². The predicted octanol–water partition coefficient (Wildman–Crippen LogP) is 1.21. The highest BCUT2D eigenvalue weighted by Gasteiger charge is 2.09. The van der Waals surface area contributed by atoms with E-state index in [1.165, 1.54) is 45.3 Å². The highest BCUT2D eigenvalue weighted by molar-refractivity contribution is 5.86. The molecule has 28 heavy (non-hydrogen) atoms. The predicted molar refractivity (Wildman–Crippen MR) is 114 cm³/mol. The van der Waals surface area contributed by atoms with Gasteiger partial charge in [0.2, 0.25) is 0 Å². The average molecular weight is 388 g/mol. The Hall–Kier alpha value is -2.42. The molecule has 1 aliphatic heterocycles. The molecule has 1 fully saturated rings. The molecule has 9 nitrogen and oxygen atoms in total. The highest BCUT2D eigenvalue weighted by atomic mass is 15.3. The summed E-state index contributed by atoms with van der Waals surface area (Å²) in [5.41, 5.74) is 0.826. The van der Waals surface area contributed by atoms with Gasteiger partial charge >= 0.3 is 0 Å². The third kappa shape index (κ3) is 5.79. The SMILES string of the molecule is CN=C(NCCCN1CCCCCC1)NCCNc1ncnc2c1cnn2C. The van der Waals surface area contributed by atoms with Gasteiger partial charge in [0.15, 0.2) is 11.6 Å². The summed E-state index contributed by atoms with van der Waals surface area (Å²) in [6.07, 6.45) is 9.96. The molecule has 0 aromatic carbocycles. The topological polar surface area (TPSA) is 95.3 Å². The number of rotatable bonds is 8. The molecule has 0 unspecified atom stereocenters. The molecule has 3 heterocycles. The smallest absolute Gasteiger partial charge is 0.191 e. The maximum atomic E-state index is 4.31. The fourth-order valence-electron chi connectivity index (χ4n) is 3.55. The first-order chi connectivity index (χ1) is 13.8. The number of hydrogen-bond acceptors (Lipinski definition) is 6. The lowest BCUT2D eigenvalue weighted by Crippen LogP contribution is -2.40. The Kier molecular flexibility index (Phi) is 7.83. The first-order valence-electron chi connectivity index (χ1n) is 10.3. The number of aliphatic imine (C=N–C) groups is 1. The Morgan fingerprint density at radius 1 is 1.07 bits per heavy atom. The molecule has 2 aromatic rings. The van der Waals surface area contributed by atoms with E-state index in [-0.39, 0.29) is 0 Å². The molecule has 0 spiro atoms. The number of fused-ring (bicyclic) bond motifs is 1. The summed E-state index contributed by atoms with van der Waals surface area (Å²) in [6.45, 7) is 6.09. The molecule has 1 aliphatic rings. The molecule has 0 bridgehead atoms. The average Bonchev–Trinajstić information content (AvgIpc) is 2.92. The van der Waals surface area contributed by atoms with Crippen LogP contribution in [0.3, 0.4) is 0 Å². The summed E-state index contributed by atoms with van der Waals surface area (Å²) in [4.78, 5) is 15.5. The largest absolute Gasteiger partial charge is 0.368 e. The summed E-state index contributed by atoms with van der Waals surface area (Å²) < 4.78 is 1.75. The Labute approximate surface area is 167 Å². The van der Waals surface area contributed by atoms with E-state index < -0.39 is 0 Å². The summed E-state index contributed by atoms with van der Waals surface area (Å²) in [5, 5.41) is 15.2.